The fourth-order valence-electron chi connectivity index (χ4n) is 2.12. The van der Waals surface area contributed by atoms with Crippen LogP contribution in [0, 0.1) is 10.1 Å². The second kappa shape index (κ2) is 4.94. The number of rotatable bonds is 1. The maximum Gasteiger partial charge on any atom is 0.414 e. The molecule has 7 heteroatoms. The molecule has 1 heterocycles. The summed E-state index contributed by atoms with van der Waals surface area (Å²) in [6.07, 6.45) is -0.102. The highest BCUT2D eigenvalue weighted by molar-refractivity contribution is 6.31. The van der Waals surface area contributed by atoms with Gasteiger partial charge in [-0.15, -0.1) is 0 Å². The number of hydrogen-bond donors (Lipinski definition) is 0. The van der Waals surface area contributed by atoms with Crippen molar-refractivity contribution in [2.24, 2.45) is 0 Å². The minimum absolute atomic E-state index is 0.0569. The topological polar surface area (TPSA) is 72.7 Å². The molecule has 0 aliphatic carbocycles. The molecule has 1 aromatic rings. The van der Waals surface area contributed by atoms with Crippen LogP contribution in [0.2, 0.25) is 5.02 Å². The van der Waals surface area contributed by atoms with Gasteiger partial charge in [0.15, 0.2) is 0 Å². The highest BCUT2D eigenvalue weighted by Crippen LogP contribution is 2.38. The Balaban J connectivity index is 2.38. The molecule has 0 unspecified atom stereocenters. The van der Waals surface area contributed by atoms with Gasteiger partial charge in [-0.05, 0) is 33.3 Å². The van der Waals surface area contributed by atoms with E-state index in [0.717, 1.165) is 0 Å². The predicted molar refractivity (Wildman–Crippen MR) is 75.4 cm³/mol. The summed E-state index contributed by atoms with van der Waals surface area (Å²) in [5.41, 5.74) is 0.298. The minimum atomic E-state index is -0.621. The largest absolute Gasteiger partial charge is 0.443 e. The standard InChI is InChI=1S/C13H15ClN2O4/c1-13(2,3)20-12(17)15-5-4-9-10(15)6-8(14)7-11(9)16(18)19/h6-7H,4-5H2,1-3H3. The van der Waals surface area contributed by atoms with E-state index in [-0.39, 0.29) is 10.7 Å². The van der Waals surface area contributed by atoms with E-state index in [0.29, 0.717) is 24.2 Å². The summed E-state index contributed by atoms with van der Waals surface area (Å²) in [6, 6.07) is 2.86. The van der Waals surface area contributed by atoms with Gasteiger partial charge < -0.3 is 4.74 Å². The zero-order valence-electron chi connectivity index (χ0n) is 11.5. The number of amides is 1. The first kappa shape index (κ1) is 14.6. The number of anilines is 1. The van der Waals surface area contributed by atoms with Crippen LogP contribution in [-0.4, -0.2) is 23.2 Å². The van der Waals surface area contributed by atoms with Crippen molar-refractivity contribution >= 4 is 29.1 Å². The van der Waals surface area contributed by atoms with E-state index in [9.17, 15) is 14.9 Å². The molecule has 1 aliphatic heterocycles. The summed E-state index contributed by atoms with van der Waals surface area (Å²) >= 11 is 5.89. The number of ether oxygens (including phenoxy) is 1. The Labute approximate surface area is 121 Å². The second-order valence-corrected chi connectivity index (χ2v) is 6.00. The number of nitro benzene ring substituents is 1. The molecule has 0 radical (unpaired) electrons. The first-order valence-corrected chi connectivity index (χ1v) is 6.54. The van der Waals surface area contributed by atoms with Crippen LogP contribution in [0.1, 0.15) is 26.3 Å². The zero-order chi connectivity index (χ0) is 15.1. The van der Waals surface area contributed by atoms with Crippen LogP contribution in [0.3, 0.4) is 0 Å². The van der Waals surface area contributed by atoms with Crippen molar-refractivity contribution in [2.75, 3.05) is 11.4 Å². The van der Waals surface area contributed by atoms with Crippen molar-refractivity contribution in [3.8, 4) is 0 Å². The quantitative estimate of drug-likeness (QED) is 0.587. The summed E-state index contributed by atoms with van der Waals surface area (Å²) in [6.45, 7) is 5.65. The van der Waals surface area contributed by atoms with Crippen LogP contribution in [-0.2, 0) is 11.2 Å². The summed E-state index contributed by atoms with van der Waals surface area (Å²) in [5, 5.41) is 11.3. The Hall–Kier alpha value is -1.82. The molecular weight excluding hydrogens is 284 g/mol. The highest BCUT2D eigenvalue weighted by Gasteiger charge is 2.33. The molecule has 1 amide bonds. The monoisotopic (exact) mass is 298 g/mol. The molecule has 2 rings (SSSR count). The number of halogens is 1. The Morgan fingerprint density at radius 2 is 2.10 bits per heavy atom. The normalized spacial score (nSPS) is 14.1. The van der Waals surface area contributed by atoms with Gasteiger partial charge in [0.1, 0.15) is 5.60 Å². The molecule has 0 saturated heterocycles. The lowest BCUT2D eigenvalue weighted by atomic mass is 10.1. The molecule has 0 N–H and O–H groups in total. The Bertz CT molecular complexity index is 580. The van der Waals surface area contributed by atoms with Gasteiger partial charge in [0.2, 0.25) is 0 Å². The van der Waals surface area contributed by atoms with E-state index in [4.69, 9.17) is 16.3 Å². The number of hydrogen-bond acceptors (Lipinski definition) is 4. The number of fused-ring (bicyclic) bond motifs is 1. The van der Waals surface area contributed by atoms with Crippen molar-refractivity contribution in [3.05, 3.63) is 32.8 Å². The van der Waals surface area contributed by atoms with Gasteiger partial charge in [-0.25, -0.2) is 4.79 Å². The average Bonchev–Trinajstić information content (AvgIpc) is 2.68. The number of nitro groups is 1. The zero-order valence-corrected chi connectivity index (χ0v) is 12.2. The molecule has 0 aromatic heterocycles. The van der Waals surface area contributed by atoms with E-state index in [1.165, 1.54) is 11.0 Å². The molecule has 0 saturated carbocycles. The van der Waals surface area contributed by atoms with Gasteiger partial charge in [0.25, 0.3) is 5.69 Å². The number of carbonyl (C=O) groups excluding carboxylic acids is 1. The predicted octanol–water partition coefficient (Wildman–Crippen LogP) is 3.55. The van der Waals surface area contributed by atoms with Gasteiger partial charge in [-0.2, -0.15) is 0 Å². The van der Waals surface area contributed by atoms with Crippen LogP contribution >= 0.6 is 11.6 Å². The highest BCUT2D eigenvalue weighted by atomic mass is 35.5. The summed E-state index contributed by atoms with van der Waals surface area (Å²) in [7, 11) is 0. The number of nitrogens with zero attached hydrogens (tertiary/aromatic N) is 2. The third kappa shape index (κ3) is 2.85. The molecular formula is C13H15ClN2O4. The molecule has 6 nitrogen and oxygen atoms in total. The fourth-order valence-corrected chi connectivity index (χ4v) is 2.33. The SMILES string of the molecule is CC(C)(C)OC(=O)N1CCc2c1cc(Cl)cc2[N+](=O)[O-]. The maximum absolute atomic E-state index is 12.1. The average molecular weight is 299 g/mol. The summed E-state index contributed by atoms with van der Waals surface area (Å²) in [4.78, 5) is 24.0. The Morgan fingerprint density at radius 1 is 1.45 bits per heavy atom. The van der Waals surface area contributed by atoms with Crippen LogP contribution < -0.4 is 4.90 Å². The second-order valence-electron chi connectivity index (χ2n) is 5.56. The first-order valence-electron chi connectivity index (χ1n) is 6.16. The molecule has 0 fully saturated rings. The van der Waals surface area contributed by atoms with Crippen LogP contribution in [0.15, 0.2) is 12.1 Å². The van der Waals surface area contributed by atoms with Gasteiger partial charge >= 0.3 is 6.09 Å². The molecule has 1 aromatic carbocycles. The van der Waals surface area contributed by atoms with Gasteiger partial charge in [0, 0.05) is 17.6 Å². The lowest BCUT2D eigenvalue weighted by Gasteiger charge is -2.24. The van der Waals surface area contributed by atoms with Crippen LogP contribution in [0.4, 0.5) is 16.2 Å². The molecule has 1 aliphatic rings. The minimum Gasteiger partial charge on any atom is -0.443 e. The number of carbonyl (C=O) groups is 1. The smallest absolute Gasteiger partial charge is 0.414 e. The van der Waals surface area contributed by atoms with Crippen molar-refractivity contribution in [1.82, 2.24) is 0 Å². The van der Waals surface area contributed by atoms with Gasteiger partial charge in [-0.3, -0.25) is 15.0 Å². The number of benzene rings is 1. The summed E-state index contributed by atoms with van der Waals surface area (Å²) < 4.78 is 5.29. The molecule has 0 atom stereocenters. The third-order valence-corrected chi connectivity index (χ3v) is 3.07. The third-order valence-electron chi connectivity index (χ3n) is 2.85. The lowest BCUT2D eigenvalue weighted by Crippen LogP contribution is -2.35. The van der Waals surface area contributed by atoms with Crippen LogP contribution in [0.25, 0.3) is 0 Å². The van der Waals surface area contributed by atoms with Gasteiger partial charge in [-0.1, -0.05) is 11.6 Å². The van der Waals surface area contributed by atoms with E-state index >= 15 is 0 Å². The maximum atomic E-state index is 12.1. The van der Waals surface area contributed by atoms with Crippen molar-refractivity contribution < 1.29 is 14.5 Å². The van der Waals surface area contributed by atoms with E-state index in [1.807, 2.05) is 0 Å². The molecule has 0 spiro atoms. The molecule has 0 bridgehead atoms. The lowest BCUT2D eigenvalue weighted by molar-refractivity contribution is -0.385. The van der Waals surface area contributed by atoms with Crippen LogP contribution in [0.5, 0.6) is 0 Å². The molecule has 108 valence electrons. The van der Waals surface area contributed by atoms with E-state index in [1.54, 1.807) is 26.8 Å². The summed E-state index contributed by atoms with van der Waals surface area (Å²) in [5.74, 6) is 0. The molecule has 20 heavy (non-hydrogen) atoms. The Kier molecular flexibility index (Phi) is 3.60. The van der Waals surface area contributed by atoms with Gasteiger partial charge in [0.05, 0.1) is 16.2 Å². The van der Waals surface area contributed by atoms with Crippen molar-refractivity contribution in [2.45, 2.75) is 32.8 Å². The Morgan fingerprint density at radius 3 is 2.65 bits per heavy atom. The van der Waals surface area contributed by atoms with Crippen molar-refractivity contribution in [3.63, 3.8) is 0 Å². The van der Waals surface area contributed by atoms with Crippen molar-refractivity contribution in [1.29, 1.82) is 0 Å². The van der Waals surface area contributed by atoms with E-state index < -0.39 is 16.6 Å². The first-order chi connectivity index (χ1) is 9.19. The fraction of sp³-hybridized carbons (Fsp3) is 0.462. The van der Waals surface area contributed by atoms with E-state index in [2.05, 4.69) is 0 Å².